The summed E-state index contributed by atoms with van der Waals surface area (Å²) in [6, 6.07) is 0.198. The standard InChI is InChI=1S/C19H39NO3/c1-10-19(7,8)20(17(15(2)3)18(4,5)6)16(21)11-12-23-14-13-22-9/h15,17H,10-14H2,1-9H3. The van der Waals surface area contributed by atoms with Crippen molar-refractivity contribution < 1.29 is 14.3 Å². The zero-order valence-electron chi connectivity index (χ0n) is 16.9. The number of hydrogen-bond acceptors (Lipinski definition) is 3. The molecule has 0 aromatic heterocycles. The predicted octanol–water partition coefficient (Wildman–Crippen LogP) is 4.13. The van der Waals surface area contributed by atoms with Crippen LogP contribution in [0.4, 0.5) is 0 Å². The summed E-state index contributed by atoms with van der Waals surface area (Å²) in [4.78, 5) is 15.1. The van der Waals surface area contributed by atoms with Gasteiger partial charge < -0.3 is 14.4 Å². The minimum absolute atomic E-state index is 0.0349. The van der Waals surface area contributed by atoms with Gasteiger partial charge in [0.25, 0.3) is 0 Å². The Kier molecular flexibility index (Phi) is 9.37. The lowest BCUT2D eigenvalue weighted by Crippen LogP contribution is -2.59. The molecule has 23 heavy (non-hydrogen) atoms. The second-order valence-corrected chi connectivity index (χ2v) is 8.34. The second-order valence-electron chi connectivity index (χ2n) is 8.34. The molecule has 1 unspecified atom stereocenters. The molecular weight excluding hydrogens is 290 g/mol. The van der Waals surface area contributed by atoms with E-state index >= 15 is 0 Å². The summed E-state index contributed by atoms with van der Waals surface area (Å²) >= 11 is 0. The Hall–Kier alpha value is -0.610. The van der Waals surface area contributed by atoms with Crippen molar-refractivity contribution >= 4 is 5.91 Å². The number of ether oxygens (including phenoxy) is 2. The van der Waals surface area contributed by atoms with E-state index in [0.717, 1.165) is 6.42 Å². The molecule has 0 bridgehead atoms. The van der Waals surface area contributed by atoms with Crippen LogP contribution in [0.15, 0.2) is 0 Å². The molecule has 4 heteroatoms. The molecule has 0 rings (SSSR count). The molecule has 0 radical (unpaired) electrons. The quantitative estimate of drug-likeness (QED) is 0.566. The van der Waals surface area contributed by atoms with Crippen molar-refractivity contribution in [2.45, 2.75) is 79.8 Å². The second kappa shape index (κ2) is 9.63. The molecule has 0 aromatic carbocycles. The van der Waals surface area contributed by atoms with Crippen LogP contribution >= 0.6 is 0 Å². The maximum absolute atomic E-state index is 13.0. The number of nitrogens with zero attached hydrogens (tertiary/aromatic N) is 1. The molecule has 0 heterocycles. The van der Waals surface area contributed by atoms with E-state index in [2.05, 4.69) is 60.3 Å². The lowest BCUT2D eigenvalue weighted by atomic mass is 9.76. The number of carbonyl (C=O) groups is 1. The van der Waals surface area contributed by atoms with Gasteiger partial charge in [-0.05, 0) is 31.6 Å². The number of carbonyl (C=O) groups excluding carboxylic acids is 1. The lowest BCUT2D eigenvalue weighted by molar-refractivity contribution is -0.147. The number of methoxy groups -OCH3 is 1. The third kappa shape index (κ3) is 7.21. The van der Waals surface area contributed by atoms with E-state index in [0.29, 0.717) is 32.2 Å². The van der Waals surface area contributed by atoms with Gasteiger partial charge in [0.15, 0.2) is 0 Å². The van der Waals surface area contributed by atoms with Crippen LogP contribution in [0.25, 0.3) is 0 Å². The maximum atomic E-state index is 13.0. The Labute approximate surface area is 143 Å². The molecular formula is C19H39NO3. The Morgan fingerprint density at radius 1 is 1.04 bits per heavy atom. The summed E-state index contributed by atoms with van der Waals surface area (Å²) in [5.74, 6) is 0.585. The van der Waals surface area contributed by atoms with E-state index in [1.165, 1.54) is 0 Å². The fourth-order valence-electron chi connectivity index (χ4n) is 3.25. The first-order valence-electron chi connectivity index (χ1n) is 8.87. The van der Waals surface area contributed by atoms with Crippen molar-refractivity contribution in [3.63, 3.8) is 0 Å². The van der Waals surface area contributed by atoms with Crippen molar-refractivity contribution in [3.05, 3.63) is 0 Å². The highest BCUT2D eigenvalue weighted by Crippen LogP contribution is 2.36. The first-order valence-corrected chi connectivity index (χ1v) is 8.87. The maximum Gasteiger partial charge on any atom is 0.225 e. The van der Waals surface area contributed by atoms with Crippen LogP contribution in [0.2, 0.25) is 0 Å². The van der Waals surface area contributed by atoms with Crippen LogP contribution < -0.4 is 0 Å². The first kappa shape index (κ1) is 22.4. The van der Waals surface area contributed by atoms with Crippen LogP contribution in [-0.2, 0) is 14.3 Å². The summed E-state index contributed by atoms with van der Waals surface area (Å²) in [7, 11) is 1.65. The van der Waals surface area contributed by atoms with Crippen LogP contribution in [0.1, 0.15) is 68.2 Å². The highest BCUT2D eigenvalue weighted by Gasteiger charge is 2.41. The minimum atomic E-state index is -0.161. The van der Waals surface area contributed by atoms with E-state index in [9.17, 15) is 4.79 Å². The molecule has 0 fully saturated rings. The van der Waals surface area contributed by atoms with Crippen LogP contribution in [0.3, 0.4) is 0 Å². The zero-order chi connectivity index (χ0) is 18.3. The van der Waals surface area contributed by atoms with Gasteiger partial charge in [0, 0.05) is 18.7 Å². The van der Waals surface area contributed by atoms with Gasteiger partial charge in [-0.3, -0.25) is 4.79 Å². The Morgan fingerprint density at radius 2 is 1.61 bits per heavy atom. The fourth-order valence-corrected chi connectivity index (χ4v) is 3.25. The molecule has 1 atom stereocenters. The highest BCUT2D eigenvalue weighted by molar-refractivity contribution is 5.77. The molecule has 0 N–H and O–H groups in total. The summed E-state index contributed by atoms with van der Waals surface area (Å²) in [5.41, 5.74) is -0.126. The summed E-state index contributed by atoms with van der Waals surface area (Å²) in [5, 5.41) is 0. The van der Waals surface area contributed by atoms with Crippen molar-refractivity contribution in [1.82, 2.24) is 4.90 Å². The topological polar surface area (TPSA) is 38.8 Å². The van der Waals surface area contributed by atoms with Gasteiger partial charge in [-0.2, -0.15) is 0 Å². The van der Waals surface area contributed by atoms with Crippen LogP contribution in [0, 0.1) is 11.3 Å². The van der Waals surface area contributed by atoms with E-state index < -0.39 is 0 Å². The molecule has 1 amide bonds. The van der Waals surface area contributed by atoms with Crippen molar-refractivity contribution in [2.24, 2.45) is 11.3 Å². The highest BCUT2D eigenvalue weighted by atomic mass is 16.5. The van der Waals surface area contributed by atoms with Crippen LogP contribution in [-0.4, -0.2) is 49.3 Å². The fraction of sp³-hybridized carbons (Fsp3) is 0.947. The van der Waals surface area contributed by atoms with Gasteiger partial charge in [-0.1, -0.05) is 41.5 Å². The third-order valence-corrected chi connectivity index (χ3v) is 4.48. The van der Waals surface area contributed by atoms with Gasteiger partial charge in [0.1, 0.15) is 0 Å². The molecule has 0 aliphatic rings. The summed E-state index contributed by atoms with van der Waals surface area (Å²) < 4.78 is 10.5. The van der Waals surface area contributed by atoms with Crippen molar-refractivity contribution in [3.8, 4) is 0 Å². The van der Waals surface area contributed by atoms with Gasteiger partial charge in [0.2, 0.25) is 5.91 Å². The SMILES string of the molecule is CCC(C)(C)N(C(=O)CCOCCOC)C(C(C)C)C(C)(C)C. The van der Waals surface area contributed by atoms with Gasteiger partial charge in [-0.15, -0.1) is 0 Å². The van der Waals surface area contributed by atoms with E-state index in [4.69, 9.17) is 9.47 Å². The Morgan fingerprint density at radius 3 is 2.00 bits per heavy atom. The monoisotopic (exact) mass is 329 g/mol. The van der Waals surface area contributed by atoms with E-state index in [-0.39, 0.29) is 22.9 Å². The zero-order valence-corrected chi connectivity index (χ0v) is 16.9. The predicted molar refractivity (Wildman–Crippen MR) is 96.6 cm³/mol. The average molecular weight is 330 g/mol. The first-order chi connectivity index (χ1) is 10.5. The number of amides is 1. The van der Waals surface area contributed by atoms with Crippen molar-refractivity contribution in [1.29, 1.82) is 0 Å². The minimum Gasteiger partial charge on any atom is -0.382 e. The lowest BCUT2D eigenvalue weighted by Gasteiger charge is -2.50. The molecule has 0 aliphatic heterocycles. The van der Waals surface area contributed by atoms with E-state index in [1.54, 1.807) is 7.11 Å². The molecule has 0 saturated heterocycles. The van der Waals surface area contributed by atoms with Gasteiger partial charge in [0.05, 0.1) is 26.2 Å². The number of rotatable bonds is 10. The van der Waals surface area contributed by atoms with Crippen molar-refractivity contribution in [2.75, 3.05) is 26.9 Å². The molecule has 0 spiro atoms. The third-order valence-electron chi connectivity index (χ3n) is 4.48. The molecule has 138 valence electrons. The Bertz CT molecular complexity index is 345. The molecule has 0 aliphatic carbocycles. The number of hydrogen-bond donors (Lipinski definition) is 0. The molecule has 0 aromatic rings. The average Bonchev–Trinajstić information content (AvgIpc) is 2.42. The van der Waals surface area contributed by atoms with Gasteiger partial charge in [-0.25, -0.2) is 0 Å². The Balaban J connectivity index is 5.18. The molecule has 0 saturated carbocycles. The normalized spacial score (nSPS) is 14.2. The largest absolute Gasteiger partial charge is 0.382 e. The van der Waals surface area contributed by atoms with E-state index in [1.807, 2.05) is 0 Å². The van der Waals surface area contributed by atoms with Crippen LogP contribution in [0.5, 0.6) is 0 Å². The van der Waals surface area contributed by atoms with Gasteiger partial charge >= 0.3 is 0 Å². The molecule has 4 nitrogen and oxygen atoms in total. The smallest absolute Gasteiger partial charge is 0.225 e. The summed E-state index contributed by atoms with van der Waals surface area (Å²) in [6.07, 6.45) is 1.36. The summed E-state index contributed by atoms with van der Waals surface area (Å²) in [6.45, 7) is 19.1.